The van der Waals surface area contributed by atoms with E-state index in [4.69, 9.17) is 14.6 Å². The second kappa shape index (κ2) is 6.77. The molecule has 0 aromatic heterocycles. The van der Waals surface area contributed by atoms with Crippen molar-refractivity contribution in [3.05, 3.63) is 22.2 Å². The highest BCUT2D eigenvalue weighted by molar-refractivity contribution is 9.10. The van der Waals surface area contributed by atoms with Crippen LogP contribution in [-0.4, -0.2) is 48.5 Å². The summed E-state index contributed by atoms with van der Waals surface area (Å²) in [5.41, 5.74) is -1.90. The van der Waals surface area contributed by atoms with Crippen molar-refractivity contribution >= 4 is 27.8 Å². The Morgan fingerprint density at radius 3 is 2.43 bits per heavy atom. The SMILES string of the molecule is COc1cc(Br)c(OC)c(C(=O)NCC(C)(O)C(=O)O)c1. The number of carbonyl (C=O) groups is 2. The number of carbonyl (C=O) groups excluding carboxylic acids is 1. The van der Waals surface area contributed by atoms with Crippen molar-refractivity contribution in [2.45, 2.75) is 12.5 Å². The van der Waals surface area contributed by atoms with Gasteiger partial charge in [0.15, 0.2) is 5.60 Å². The third-order valence-electron chi connectivity index (χ3n) is 2.76. The predicted molar refractivity (Wildman–Crippen MR) is 77.8 cm³/mol. The highest BCUT2D eigenvalue weighted by atomic mass is 79.9. The van der Waals surface area contributed by atoms with Gasteiger partial charge in [0, 0.05) is 0 Å². The Hall–Kier alpha value is -1.80. The Morgan fingerprint density at radius 2 is 1.95 bits per heavy atom. The number of carboxylic acids is 1. The standard InChI is InChI=1S/C13H16BrNO6/c1-13(19,12(17)18)6-15-11(16)8-4-7(20-2)5-9(14)10(8)21-3/h4-5,19H,6H2,1-3H3,(H,15,16)(H,17,18). The van der Waals surface area contributed by atoms with Crippen LogP contribution in [0.25, 0.3) is 0 Å². The first kappa shape index (κ1) is 17.3. The molecule has 0 bridgehead atoms. The van der Waals surface area contributed by atoms with E-state index >= 15 is 0 Å². The second-order valence-electron chi connectivity index (χ2n) is 4.45. The Morgan fingerprint density at radius 1 is 1.33 bits per heavy atom. The van der Waals surface area contributed by atoms with Gasteiger partial charge in [0.05, 0.1) is 30.8 Å². The summed E-state index contributed by atoms with van der Waals surface area (Å²) in [5, 5.41) is 20.7. The first-order valence-corrected chi connectivity index (χ1v) is 6.67. The van der Waals surface area contributed by atoms with Crippen LogP contribution in [-0.2, 0) is 4.79 Å². The van der Waals surface area contributed by atoms with Crippen LogP contribution in [0.1, 0.15) is 17.3 Å². The summed E-state index contributed by atoms with van der Waals surface area (Å²) in [6.45, 7) is 0.646. The quantitative estimate of drug-likeness (QED) is 0.698. The van der Waals surface area contributed by atoms with Gasteiger partial charge >= 0.3 is 5.97 Å². The number of aliphatic hydroxyl groups is 1. The number of rotatable bonds is 6. The third-order valence-corrected chi connectivity index (χ3v) is 3.34. The number of ether oxygens (including phenoxy) is 2. The summed E-state index contributed by atoms with van der Waals surface area (Å²) in [6.07, 6.45) is 0. The molecule has 8 heteroatoms. The first-order valence-electron chi connectivity index (χ1n) is 5.88. The predicted octanol–water partition coefficient (Wildman–Crippen LogP) is 1.03. The van der Waals surface area contributed by atoms with E-state index in [0.717, 1.165) is 6.92 Å². The molecule has 7 nitrogen and oxygen atoms in total. The Kier molecular flexibility index (Phi) is 5.56. The van der Waals surface area contributed by atoms with Crippen molar-refractivity contribution in [1.29, 1.82) is 0 Å². The molecule has 0 heterocycles. The number of methoxy groups -OCH3 is 2. The molecule has 1 aromatic rings. The lowest BCUT2D eigenvalue weighted by Crippen LogP contribution is -2.46. The highest BCUT2D eigenvalue weighted by Crippen LogP contribution is 2.33. The molecule has 0 aliphatic rings. The number of nitrogens with one attached hydrogen (secondary N) is 1. The molecule has 1 rings (SSSR count). The lowest BCUT2D eigenvalue weighted by Gasteiger charge is -2.19. The van der Waals surface area contributed by atoms with Crippen LogP contribution in [0, 0.1) is 0 Å². The molecular weight excluding hydrogens is 346 g/mol. The number of carboxylic acid groups (broad SMARTS) is 1. The van der Waals surface area contributed by atoms with Crippen molar-refractivity contribution < 1.29 is 29.3 Å². The fourth-order valence-electron chi connectivity index (χ4n) is 1.49. The van der Waals surface area contributed by atoms with Gasteiger partial charge in [0.2, 0.25) is 0 Å². The van der Waals surface area contributed by atoms with Crippen molar-refractivity contribution in [2.75, 3.05) is 20.8 Å². The summed E-state index contributed by atoms with van der Waals surface area (Å²) in [5.74, 6) is -1.31. The molecule has 0 saturated heterocycles. The molecule has 1 aromatic carbocycles. The molecule has 0 aliphatic carbocycles. The maximum Gasteiger partial charge on any atom is 0.337 e. The molecule has 1 atom stereocenters. The number of benzene rings is 1. The van der Waals surface area contributed by atoms with Gasteiger partial charge in [-0.3, -0.25) is 4.79 Å². The molecule has 0 radical (unpaired) electrons. The van der Waals surface area contributed by atoms with Gasteiger partial charge < -0.3 is 25.0 Å². The third kappa shape index (κ3) is 4.08. The lowest BCUT2D eigenvalue weighted by atomic mass is 10.1. The molecule has 0 aliphatic heterocycles. The Balaban J connectivity index is 3.02. The van der Waals surface area contributed by atoms with E-state index in [0.29, 0.717) is 10.2 Å². The first-order chi connectivity index (χ1) is 9.72. The smallest absolute Gasteiger partial charge is 0.337 e. The Bertz CT molecular complexity index is 558. The van der Waals surface area contributed by atoms with Gasteiger partial charge in [0.25, 0.3) is 5.91 Å². The van der Waals surface area contributed by atoms with Crippen LogP contribution in [0.2, 0.25) is 0 Å². The van der Waals surface area contributed by atoms with Crippen molar-refractivity contribution in [2.24, 2.45) is 0 Å². The molecule has 0 fully saturated rings. The highest BCUT2D eigenvalue weighted by Gasteiger charge is 2.31. The number of halogens is 1. The van der Waals surface area contributed by atoms with Gasteiger partial charge in [0.1, 0.15) is 11.5 Å². The van der Waals surface area contributed by atoms with E-state index in [-0.39, 0.29) is 11.3 Å². The second-order valence-corrected chi connectivity index (χ2v) is 5.31. The maximum absolute atomic E-state index is 12.1. The zero-order valence-corrected chi connectivity index (χ0v) is 13.4. The molecular formula is C13H16BrNO6. The minimum Gasteiger partial charge on any atom is -0.497 e. The number of amides is 1. The molecule has 116 valence electrons. The Labute approximate surface area is 130 Å². The van der Waals surface area contributed by atoms with Crippen LogP contribution in [0.4, 0.5) is 0 Å². The zero-order chi connectivity index (χ0) is 16.2. The van der Waals surface area contributed by atoms with Crippen LogP contribution in [0.3, 0.4) is 0 Å². The topological polar surface area (TPSA) is 105 Å². The van der Waals surface area contributed by atoms with Gasteiger partial charge in [-0.1, -0.05) is 0 Å². The molecule has 1 amide bonds. The van der Waals surface area contributed by atoms with Crippen molar-refractivity contribution in [1.82, 2.24) is 5.32 Å². The summed E-state index contributed by atoms with van der Waals surface area (Å²) < 4.78 is 10.7. The molecule has 0 spiro atoms. The van der Waals surface area contributed by atoms with Crippen LogP contribution < -0.4 is 14.8 Å². The average molecular weight is 362 g/mol. The van der Waals surface area contributed by atoms with E-state index in [1.807, 2.05) is 0 Å². The van der Waals surface area contributed by atoms with Gasteiger partial charge in [-0.25, -0.2) is 4.79 Å². The van der Waals surface area contributed by atoms with Crippen molar-refractivity contribution in [3.63, 3.8) is 0 Å². The lowest BCUT2D eigenvalue weighted by molar-refractivity contribution is -0.155. The van der Waals surface area contributed by atoms with E-state index in [2.05, 4.69) is 21.2 Å². The largest absolute Gasteiger partial charge is 0.497 e. The minimum atomic E-state index is -2.06. The van der Waals surface area contributed by atoms with Gasteiger partial charge in [-0.2, -0.15) is 0 Å². The monoisotopic (exact) mass is 361 g/mol. The van der Waals surface area contributed by atoms with E-state index in [1.54, 1.807) is 6.07 Å². The number of aliphatic carboxylic acids is 1. The van der Waals surface area contributed by atoms with Crippen LogP contribution >= 0.6 is 15.9 Å². The van der Waals surface area contributed by atoms with Crippen LogP contribution in [0.15, 0.2) is 16.6 Å². The molecule has 3 N–H and O–H groups in total. The normalized spacial score (nSPS) is 13.2. The van der Waals surface area contributed by atoms with E-state index in [9.17, 15) is 14.7 Å². The summed E-state index contributed by atoms with van der Waals surface area (Å²) in [7, 11) is 2.85. The number of hydrogen-bond donors (Lipinski definition) is 3. The fraction of sp³-hybridized carbons (Fsp3) is 0.385. The van der Waals surface area contributed by atoms with Gasteiger partial charge in [-0.15, -0.1) is 0 Å². The van der Waals surface area contributed by atoms with Crippen molar-refractivity contribution in [3.8, 4) is 11.5 Å². The maximum atomic E-state index is 12.1. The fourth-order valence-corrected chi connectivity index (χ4v) is 2.09. The molecule has 21 heavy (non-hydrogen) atoms. The summed E-state index contributed by atoms with van der Waals surface area (Å²) >= 11 is 3.25. The van der Waals surface area contributed by atoms with Crippen LogP contribution in [0.5, 0.6) is 11.5 Å². The molecule has 1 unspecified atom stereocenters. The zero-order valence-electron chi connectivity index (χ0n) is 11.8. The summed E-state index contributed by atoms with van der Waals surface area (Å²) in [4.78, 5) is 22.9. The minimum absolute atomic E-state index is 0.157. The molecule has 0 saturated carbocycles. The number of hydrogen-bond acceptors (Lipinski definition) is 5. The van der Waals surface area contributed by atoms with Gasteiger partial charge in [-0.05, 0) is 35.0 Å². The van der Waals surface area contributed by atoms with E-state index < -0.39 is 24.0 Å². The summed E-state index contributed by atoms with van der Waals surface area (Å²) in [6, 6.07) is 3.08. The van der Waals surface area contributed by atoms with E-state index in [1.165, 1.54) is 20.3 Å². The average Bonchev–Trinajstić information content (AvgIpc) is 2.43.